The topological polar surface area (TPSA) is 80.5 Å². The van der Waals surface area contributed by atoms with Gasteiger partial charge < -0.3 is 14.7 Å². The van der Waals surface area contributed by atoms with Crippen LogP contribution in [0.1, 0.15) is 40.3 Å². The molecule has 2 aliphatic rings. The molecule has 2 aromatic heterocycles. The summed E-state index contributed by atoms with van der Waals surface area (Å²) in [6.45, 7) is 3.43. The first-order valence-corrected chi connectivity index (χ1v) is 9.35. The van der Waals surface area contributed by atoms with Gasteiger partial charge in [-0.3, -0.25) is 9.48 Å². The van der Waals surface area contributed by atoms with E-state index < -0.39 is 5.60 Å². The van der Waals surface area contributed by atoms with Gasteiger partial charge in [-0.15, -0.1) is 11.3 Å². The van der Waals surface area contributed by atoms with Gasteiger partial charge in [-0.1, -0.05) is 0 Å². The smallest absolute Gasteiger partial charge is 0.257 e. The highest BCUT2D eigenvalue weighted by Crippen LogP contribution is 2.45. The number of hydrogen-bond acceptors (Lipinski definition) is 6. The highest BCUT2D eigenvalue weighted by Gasteiger charge is 2.52. The minimum absolute atomic E-state index is 0.0219. The summed E-state index contributed by atoms with van der Waals surface area (Å²) in [6.07, 6.45) is 5.34. The Kier molecular flexibility index (Phi) is 3.93. The summed E-state index contributed by atoms with van der Waals surface area (Å²) in [5, 5.41) is 17.6. The Morgan fingerprint density at radius 2 is 2.16 bits per heavy atom. The van der Waals surface area contributed by atoms with Crippen LogP contribution in [-0.4, -0.2) is 56.0 Å². The van der Waals surface area contributed by atoms with E-state index in [-0.39, 0.29) is 18.1 Å². The van der Waals surface area contributed by atoms with E-state index in [9.17, 15) is 9.90 Å². The fourth-order valence-corrected chi connectivity index (χ4v) is 4.54. The minimum atomic E-state index is -1.000. The molecule has 134 valence electrons. The zero-order valence-corrected chi connectivity index (χ0v) is 15.3. The molecule has 2 fully saturated rings. The molecule has 0 bridgehead atoms. The highest BCUT2D eigenvalue weighted by molar-refractivity contribution is 7.09. The van der Waals surface area contributed by atoms with Crippen LogP contribution in [0.15, 0.2) is 17.8 Å². The van der Waals surface area contributed by atoms with Gasteiger partial charge in [-0.25, -0.2) is 4.98 Å². The van der Waals surface area contributed by atoms with E-state index in [2.05, 4.69) is 10.1 Å². The second-order valence-corrected chi connectivity index (χ2v) is 7.97. The molecule has 8 heteroatoms. The third-order valence-electron chi connectivity index (χ3n) is 5.49. The molecule has 4 rings (SSSR count). The van der Waals surface area contributed by atoms with Crippen molar-refractivity contribution in [1.82, 2.24) is 19.7 Å². The Hall–Kier alpha value is -1.77. The average molecular weight is 362 g/mol. The number of aryl methyl sites for hydroxylation is 1. The Morgan fingerprint density at radius 3 is 2.76 bits per heavy atom. The molecule has 0 radical (unpaired) electrons. The molecular formula is C17H22N4O3S. The van der Waals surface area contributed by atoms with Crippen molar-refractivity contribution < 1.29 is 14.6 Å². The molecule has 2 saturated heterocycles. The van der Waals surface area contributed by atoms with Crippen LogP contribution in [0.5, 0.6) is 0 Å². The lowest BCUT2D eigenvalue weighted by molar-refractivity contribution is -0.0431. The van der Waals surface area contributed by atoms with E-state index in [0.29, 0.717) is 30.1 Å². The number of nitrogens with zero attached hydrogens (tertiary/aromatic N) is 4. The van der Waals surface area contributed by atoms with Gasteiger partial charge in [0.1, 0.15) is 10.6 Å². The van der Waals surface area contributed by atoms with Crippen molar-refractivity contribution in [3.63, 3.8) is 0 Å². The molecule has 1 atom stereocenters. The summed E-state index contributed by atoms with van der Waals surface area (Å²) in [5.41, 5.74) is 0.173. The van der Waals surface area contributed by atoms with Crippen molar-refractivity contribution in [1.29, 1.82) is 0 Å². The predicted octanol–water partition coefficient (Wildman–Crippen LogP) is 1.47. The van der Waals surface area contributed by atoms with E-state index >= 15 is 0 Å². The molecule has 2 aliphatic heterocycles. The number of carbonyl (C=O) groups excluding carboxylic acids is 1. The number of rotatable bonds is 2. The van der Waals surface area contributed by atoms with Gasteiger partial charge in [0.15, 0.2) is 0 Å². The third kappa shape index (κ3) is 2.78. The first-order chi connectivity index (χ1) is 11.9. The van der Waals surface area contributed by atoms with Crippen molar-refractivity contribution in [2.24, 2.45) is 7.05 Å². The fourth-order valence-electron chi connectivity index (χ4n) is 3.82. The van der Waals surface area contributed by atoms with Crippen molar-refractivity contribution >= 4 is 17.2 Å². The van der Waals surface area contributed by atoms with Gasteiger partial charge in [0, 0.05) is 43.8 Å². The summed E-state index contributed by atoms with van der Waals surface area (Å²) in [5.74, 6) is 0.0219. The van der Waals surface area contributed by atoms with Gasteiger partial charge in [0.05, 0.1) is 24.0 Å². The lowest BCUT2D eigenvalue weighted by atomic mass is 9.83. The third-order valence-corrected chi connectivity index (χ3v) is 6.46. The first kappa shape index (κ1) is 16.7. The number of ether oxygens (including phenoxy) is 1. The van der Waals surface area contributed by atoms with Gasteiger partial charge in [0.2, 0.25) is 0 Å². The molecule has 1 N–H and O–H groups in total. The van der Waals surface area contributed by atoms with Crippen molar-refractivity contribution in [2.75, 3.05) is 19.7 Å². The SMILES string of the molecule is Cc1c(C(=O)N2CCC3(CC2)CC(O)(c2nccs2)CO3)cnn1C. The van der Waals surface area contributed by atoms with E-state index in [0.717, 1.165) is 18.5 Å². The zero-order valence-electron chi connectivity index (χ0n) is 14.4. The maximum absolute atomic E-state index is 12.7. The Labute approximate surface area is 150 Å². The summed E-state index contributed by atoms with van der Waals surface area (Å²) >= 11 is 1.46. The molecule has 4 heterocycles. The van der Waals surface area contributed by atoms with E-state index in [4.69, 9.17) is 4.74 Å². The number of amides is 1. The van der Waals surface area contributed by atoms with Crippen LogP contribution < -0.4 is 0 Å². The largest absolute Gasteiger partial charge is 0.380 e. The second kappa shape index (κ2) is 5.89. The summed E-state index contributed by atoms with van der Waals surface area (Å²) in [4.78, 5) is 18.8. The number of carbonyl (C=O) groups is 1. The van der Waals surface area contributed by atoms with Crippen LogP contribution >= 0.6 is 11.3 Å². The maximum atomic E-state index is 12.7. The summed E-state index contributed by atoms with van der Waals surface area (Å²) in [6, 6.07) is 0. The van der Waals surface area contributed by atoms with E-state index in [1.165, 1.54) is 11.3 Å². The highest BCUT2D eigenvalue weighted by atomic mass is 32.1. The Bertz CT molecular complexity index is 780. The van der Waals surface area contributed by atoms with Crippen LogP contribution in [0.4, 0.5) is 0 Å². The number of likely N-dealkylation sites (tertiary alicyclic amines) is 1. The van der Waals surface area contributed by atoms with Crippen LogP contribution in [0.25, 0.3) is 0 Å². The van der Waals surface area contributed by atoms with Crippen LogP contribution in [-0.2, 0) is 17.4 Å². The van der Waals surface area contributed by atoms with Crippen molar-refractivity contribution in [3.05, 3.63) is 34.0 Å². The molecular weight excluding hydrogens is 340 g/mol. The quantitative estimate of drug-likeness (QED) is 0.875. The van der Waals surface area contributed by atoms with Crippen molar-refractivity contribution in [2.45, 2.75) is 37.4 Å². The standard InChI is InChI=1S/C17H22N4O3S/c1-12-13(9-19-20(12)2)14(22)21-6-3-16(4-7-21)10-17(23,11-24-16)15-18-5-8-25-15/h5,8-9,23H,3-4,6-7,10-11H2,1-2H3. The minimum Gasteiger partial charge on any atom is -0.380 e. The molecule has 25 heavy (non-hydrogen) atoms. The molecule has 1 amide bonds. The van der Waals surface area contributed by atoms with Gasteiger partial charge in [-0.05, 0) is 19.8 Å². The normalized spacial score (nSPS) is 25.6. The number of aromatic nitrogens is 3. The fraction of sp³-hybridized carbons (Fsp3) is 0.588. The molecule has 7 nitrogen and oxygen atoms in total. The summed E-state index contributed by atoms with van der Waals surface area (Å²) < 4.78 is 7.76. The lowest BCUT2D eigenvalue weighted by Crippen LogP contribution is -2.47. The molecule has 0 saturated carbocycles. The molecule has 1 spiro atoms. The number of thiazole rings is 1. The van der Waals surface area contributed by atoms with Crippen LogP contribution in [0.3, 0.4) is 0 Å². The maximum Gasteiger partial charge on any atom is 0.257 e. The van der Waals surface area contributed by atoms with Gasteiger partial charge in [0.25, 0.3) is 5.91 Å². The van der Waals surface area contributed by atoms with Crippen LogP contribution in [0, 0.1) is 6.92 Å². The van der Waals surface area contributed by atoms with Gasteiger partial charge in [-0.2, -0.15) is 5.10 Å². The monoisotopic (exact) mass is 362 g/mol. The first-order valence-electron chi connectivity index (χ1n) is 8.47. The van der Waals surface area contributed by atoms with E-state index in [1.807, 2.05) is 24.3 Å². The molecule has 0 aromatic carbocycles. The molecule has 0 aliphatic carbocycles. The average Bonchev–Trinajstić information content (AvgIpc) is 3.31. The van der Waals surface area contributed by atoms with Crippen molar-refractivity contribution in [3.8, 4) is 0 Å². The predicted molar refractivity (Wildman–Crippen MR) is 92.4 cm³/mol. The lowest BCUT2D eigenvalue weighted by Gasteiger charge is -2.38. The number of piperidine rings is 1. The molecule has 1 unspecified atom stereocenters. The second-order valence-electron chi connectivity index (χ2n) is 7.08. The Morgan fingerprint density at radius 1 is 1.40 bits per heavy atom. The Balaban J connectivity index is 1.44. The van der Waals surface area contributed by atoms with E-state index in [1.54, 1.807) is 17.1 Å². The number of hydrogen-bond donors (Lipinski definition) is 1. The molecule has 2 aromatic rings. The summed E-state index contributed by atoms with van der Waals surface area (Å²) in [7, 11) is 1.84. The van der Waals surface area contributed by atoms with Gasteiger partial charge >= 0.3 is 0 Å². The zero-order chi connectivity index (χ0) is 17.7. The van der Waals surface area contributed by atoms with Crippen LogP contribution in [0.2, 0.25) is 0 Å². The number of aliphatic hydroxyl groups is 1.